The molecule has 0 amide bonds. The van der Waals surface area contributed by atoms with Crippen molar-refractivity contribution in [3.8, 4) is 0 Å². The molecule has 5 aromatic rings. The highest BCUT2D eigenvalue weighted by atomic mass is 35.5. The molecule has 2 aliphatic rings. The van der Waals surface area contributed by atoms with Gasteiger partial charge >= 0.3 is 10.3 Å². The first kappa shape index (κ1) is 29.9. The lowest BCUT2D eigenvalue weighted by molar-refractivity contribution is -0.197. The van der Waals surface area contributed by atoms with Gasteiger partial charge in [0.25, 0.3) is 0 Å². The summed E-state index contributed by atoms with van der Waals surface area (Å²) < 4.78 is 60.7. The molecule has 2 aromatic heterocycles. The number of rotatable bonds is 8. The molecule has 0 spiro atoms. The summed E-state index contributed by atoms with van der Waals surface area (Å²) in [5.74, 6) is -1.00. The van der Waals surface area contributed by atoms with Gasteiger partial charge in [0.2, 0.25) is 0 Å². The lowest BCUT2D eigenvalue weighted by Gasteiger charge is -2.44. The van der Waals surface area contributed by atoms with E-state index in [2.05, 4.69) is 15.0 Å². The van der Waals surface area contributed by atoms with Crippen molar-refractivity contribution < 1.29 is 27.2 Å². The number of nitrogens with zero attached hydrogens (tertiary/aromatic N) is 5. The number of ether oxygens (including phenoxy) is 3. The fourth-order valence-electron chi connectivity index (χ4n) is 6.58. The van der Waals surface area contributed by atoms with Crippen molar-refractivity contribution >= 4 is 33.1 Å². The molecule has 3 aromatic carbocycles. The molecule has 4 heterocycles. The van der Waals surface area contributed by atoms with E-state index >= 15 is 0 Å². The second kappa shape index (κ2) is 11.2. The van der Waals surface area contributed by atoms with Crippen molar-refractivity contribution in [1.29, 1.82) is 0 Å². The van der Waals surface area contributed by atoms with Crippen LogP contribution in [0.2, 0.25) is 5.15 Å². The third kappa shape index (κ3) is 5.12. The van der Waals surface area contributed by atoms with Gasteiger partial charge in [0.05, 0.1) is 6.33 Å². The molecule has 2 saturated heterocycles. The molecule has 0 aliphatic carbocycles. The van der Waals surface area contributed by atoms with Crippen LogP contribution in [0.3, 0.4) is 0 Å². The molecule has 11 nitrogen and oxygen atoms in total. The van der Waals surface area contributed by atoms with Crippen LogP contribution in [-0.4, -0.2) is 67.4 Å². The summed E-state index contributed by atoms with van der Waals surface area (Å²) in [6.45, 7) is 3.28. The minimum Gasteiger partial charge on any atom is -0.348 e. The number of fused-ring (bicyclic) bond motifs is 2. The van der Waals surface area contributed by atoms with E-state index in [0.717, 1.165) is 4.31 Å². The largest absolute Gasteiger partial charge is 0.348 e. The van der Waals surface area contributed by atoms with Crippen LogP contribution in [0.4, 0.5) is 0 Å². The molecule has 45 heavy (non-hydrogen) atoms. The maximum absolute atomic E-state index is 13.7. The summed E-state index contributed by atoms with van der Waals surface area (Å²) in [4.78, 5) is 12.8. The average Bonchev–Trinajstić information content (AvgIpc) is 3.70. The van der Waals surface area contributed by atoms with Crippen LogP contribution in [0.5, 0.6) is 0 Å². The average molecular weight is 648 g/mol. The Bertz CT molecular complexity index is 1830. The Morgan fingerprint density at radius 2 is 1.40 bits per heavy atom. The summed E-state index contributed by atoms with van der Waals surface area (Å²) in [6, 6.07) is 27.7. The second-order valence-electron chi connectivity index (χ2n) is 11.4. The van der Waals surface area contributed by atoms with Crippen molar-refractivity contribution in [3.05, 3.63) is 125 Å². The van der Waals surface area contributed by atoms with Crippen molar-refractivity contribution in [3.63, 3.8) is 0 Å². The summed E-state index contributed by atoms with van der Waals surface area (Å²) in [6.07, 6.45) is -0.221. The van der Waals surface area contributed by atoms with Crippen LogP contribution in [0.15, 0.2) is 104 Å². The Balaban J connectivity index is 1.40. The van der Waals surface area contributed by atoms with Crippen LogP contribution in [0.1, 0.15) is 36.8 Å². The van der Waals surface area contributed by atoms with E-state index in [1.165, 1.54) is 12.7 Å². The van der Waals surface area contributed by atoms with Crippen molar-refractivity contribution in [2.24, 2.45) is 0 Å². The number of hydrogen-bond acceptors (Lipinski definition) is 8. The Hall–Kier alpha value is -3.75. The Morgan fingerprint density at radius 1 is 0.867 bits per heavy atom. The molecule has 0 radical (unpaired) electrons. The molecule has 0 saturated carbocycles. The molecule has 2 aliphatic heterocycles. The minimum atomic E-state index is -4.92. The van der Waals surface area contributed by atoms with Gasteiger partial charge in [0.15, 0.2) is 22.8 Å². The van der Waals surface area contributed by atoms with Crippen LogP contribution in [-0.2, 0) is 30.1 Å². The molecule has 1 N–H and O–H groups in total. The molecule has 4 atom stereocenters. The Kier molecular flexibility index (Phi) is 7.48. The van der Waals surface area contributed by atoms with Crippen molar-refractivity contribution in [2.45, 2.75) is 49.7 Å². The van der Waals surface area contributed by atoms with Crippen LogP contribution < -0.4 is 0 Å². The standard InChI is InChI=1S/C32H30ClN5O6S/c1-31(2)43-26-24(42-30(27(26)44-31)37-20-36-25-28(33)34-19-35-29(25)37)18-38(45(39,40)41)32(21-12-6-3-7-13-21,22-14-8-4-9-15-22)23-16-10-5-11-17-23/h3-17,19-20,24,26-27,30H,18H2,1-2H3,(H,39,40,41)/t24-,26-,27-,30-/m1/s1. The maximum Gasteiger partial charge on any atom is 0.337 e. The first-order chi connectivity index (χ1) is 21.6. The summed E-state index contributed by atoms with van der Waals surface area (Å²) in [7, 11) is -4.92. The second-order valence-corrected chi connectivity index (χ2v) is 13.1. The van der Waals surface area contributed by atoms with E-state index < -0.39 is 46.2 Å². The lowest BCUT2D eigenvalue weighted by atomic mass is 9.76. The van der Waals surface area contributed by atoms with Crippen molar-refractivity contribution in [2.75, 3.05) is 6.54 Å². The topological polar surface area (TPSA) is 129 Å². The highest BCUT2D eigenvalue weighted by molar-refractivity contribution is 7.83. The van der Waals surface area contributed by atoms with Crippen molar-refractivity contribution in [1.82, 2.24) is 23.8 Å². The lowest BCUT2D eigenvalue weighted by Crippen LogP contribution is -2.55. The van der Waals surface area contributed by atoms with Gasteiger partial charge in [-0.1, -0.05) is 103 Å². The molecular formula is C32H30ClN5O6S. The number of aromatic nitrogens is 4. The van der Waals surface area contributed by atoms with Gasteiger partial charge in [-0.25, -0.2) is 15.0 Å². The number of imidazole rings is 1. The van der Waals surface area contributed by atoms with E-state index in [0.29, 0.717) is 27.9 Å². The van der Waals surface area contributed by atoms with Crippen LogP contribution in [0, 0.1) is 0 Å². The third-order valence-corrected chi connectivity index (χ3v) is 9.54. The van der Waals surface area contributed by atoms with E-state index in [4.69, 9.17) is 25.8 Å². The third-order valence-electron chi connectivity index (χ3n) is 8.29. The zero-order chi connectivity index (χ0) is 31.4. The van der Waals surface area contributed by atoms with Gasteiger partial charge < -0.3 is 14.2 Å². The number of halogens is 1. The highest BCUT2D eigenvalue weighted by Crippen LogP contribution is 2.48. The number of benzene rings is 3. The van der Waals surface area contributed by atoms with Gasteiger partial charge in [0.1, 0.15) is 35.7 Å². The molecule has 232 valence electrons. The van der Waals surface area contributed by atoms with Gasteiger partial charge in [-0.15, -0.1) is 0 Å². The zero-order valence-electron chi connectivity index (χ0n) is 24.3. The first-order valence-corrected chi connectivity index (χ1v) is 16.1. The molecular weight excluding hydrogens is 618 g/mol. The fraction of sp³-hybridized carbons (Fsp3) is 0.281. The van der Waals surface area contributed by atoms with Gasteiger partial charge in [-0.3, -0.25) is 9.12 Å². The molecule has 13 heteroatoms. The SMILES string of the molecule is CC1(C)O[C@@H]2[C@H](O1)[C@@H](CN(C(c1ccccc1)(c1ccccc1)c1ccccc1)S(=O)(=O)O)O[C@H]2n1cnc2c(Cl)ncnc21. The molecule has 0 unspecified atom stereocenters. The van der Waals surface area contributed by atoms with E-state index in [9.17, 15) is 13.0 Å². The van der Waals surface area contributed by atoms with Gasteiger partial charge in [-0.05, 0) is 30.5 Å². The Labute approximate surface area is 265 Å². The quantitative estimate of drug-likeness (QED) is 0.141. The first-order valence-electron chi connectivity index (χ1n) is 14.4. The Morgan fingerprint density at radius 3 is 1.93 bits per heavy atom. The van der Waals surface area contributed by atoms with Gasteiger partial charge in [0, 0.05) is 6.54 Å². The normalized spacial score (nSPS) is 23.0. The van der Waals surface area contributed by atoms with Crippen LogP contribution in [0.25, 0.3) is 11.2 Å². The molecule has 0 bridgehead atoms. The molecule has 7 rings (SSSR count). The van der Waals surface area contributed by atoms with E-state index in [1.807, 2.05) is 91.0 Å². The summed E-state index contributed by atoms with van der Waals surface area (Å²) in [5, 5.41) is 0.185. The summed E-state index contributed by atoms with van der Waals surface area (Å²) in [5.41, 5.74) is 1.19. The zero-order valence-corrected chi connectivity index (χ0v) is 25.9. The number of hydrogen-bond donors (Lipinski definition) is 1. The predicted octanol–water partition coefficient (Wildman–Crippen LogP) is 4.99. The smallest absolute Gasteiger partial charge is 0.337 e. The predicted molar refractivity (Wildman–Crippen MR) is 166 cm³/mol. The van der Waals surface area contributed by atoms with E-state index in [1.54, 1.807) is 18.4 Å². The monoisotopic (exact) mass is 647 g/mol. The highest BCUT2D eigenvalue weighted by Gasteiger charge is 2.59. The minimum absolute atomic E-state index is 0.185. The van der Waals surface area contributed by atoms with Gasteiger partial charge in [-0.2, -0.15) is 12.7 Å². The summed E-state index contributed by atoms with van der Waals surface area (Å²) >= 11 is 6.28. The molecule has 2 fully saturated rings. The van der Waals surface area contributed by atoms with Crippen LogP contribution >= 0.6 is 11.6 Å². The van der Waals surface area contributed by atoms with E-state index in [-0.39, 0.29) is 11.7 Å². The fourth-order valence-corrected chi connectivity index (χ4v) is 7.75. The maximum atomic E-state index is 13.7.